The van der Waals surface area contributed by atoms with Crippen LogP contribution in [0, 0.1) is 5.82 Å². The summed E-state index contributed by atoms with van der Waals surface area (Å²) in [5, 5.41) is 0.953. The second-order valence-corrected chi connectivity index (χ2v) is 5.73. The Morgan fingerprint density at radius 1 is 1.21 bits per heavy atom. The van der Waals surface area contributed by atoms with Gasteiger partial charge < -0.3 is 5.73 Å². The molecule has 0 aliphatic heterocycles. The fourth-order valence-electron chi connectivity index (χ4n) is 2.35. The summed E-state index contributed by atoms with van der Waals surface area (Å²) in [6.45, 7) is 0.490. The van der Waals surface area contributed by atoms with E-state index >= 15 is 0 Å². The summed E-state index contributed by atoms with van der Waals surface area (Å²) in [7, 11) is 0. The van der Waals surface area contributed by atoms with Gasteiger partial charge in [0.05, 0.1) is 0 Å². The molecule has 0 saturated heterocycles. The van der Waals surface area contributed by atoms with Gasteiger partial charge in [0, 0.05) is 17.1 Å². The van der Waals surface area contributed by atoms with Crippen LogP contribution in [-0.4, -0.2) is 4.98 Å². The van der Waals surface area contributed by atoms with E-state index in [4.69, 9.17) is 10.7 Å². The van der Waals surface area contributed by atoms with E-state index < -0.39 is 0 Å². The maximum atomic E-state index is 12.9. The van der Waals surface area contributed by atoms with Crippen molar-refractivity contribution >= 4 is 11.8 Å². The first kappa shape index (κ1) is 12.6. The lowest BCUT2D eigenvalue weighted by atomic mass is 10.1. The first-order valence-corrected chi connectivity index (χ1v) is 7.23. The molecule has 0 bridgehead atoms. The third-order valence-electron chi connectivity index (χ3n) is 3.34. The van der Waals surface area contributed by atoms with Crippen molar-refractivity contribution in [1.82, 2.24) is 4.98 Å². The first-order valence-electron chi connectivity index (χ1n) is 6.41. The Morgan fingerprint density at radius 3 is 2.74 bits per heavy atom. The van der Waals surface area contributed by atoms with Gasteiger partial charge >= 0.3 is 0 Å². The van der Waals surface area contributed by atoms with E-state index in [0.29, 0.717) is 6.54 Å². The molecule has 98 valence electrons. The van der Waals surface area contributed by atoms with Gasteiger partial charge in [0.1, 0.15) is 10.8 Å². The Hall–Kier alpha value is -1.39. The SMILES string of the molecule is NCc1cc2c(nc1Sc1ccc(F)cc1)CCC2. The summed E-state index contributed by atoms with van der Waals surface area (Å²) < 4.78 is 12.9. The molecule has 0 spiro atoms. The molecule has 0 radical (unpaired) electrons. The Kier molecular flexibility index (Phi) is 3.53. The predicted molar refractivity (Wildman–Crippen MR) is 74.7 cm³/mol. The van der Waals surface area contributed by atoms with Crippen molar-refractivity contribution in [3.8, 4) is 0 Å². The van der Waals surface area contributed by atoms with Gasteiger partial charge in [-0.2, -0.15) is 0 Å². The van der Waals surface area contributed by atoms with Crippen LogP contribution in [0.2, 0.25) is 0 Å². The molecular formula is C15H15FN2S. The van der Waals surface area contributed by atoms with Gasteiger partial charge in [-0.1, -0.05) is 17.8 Å². The number of benzene rings is 1. The lowest BCUT2D eigenvalue weighted by Gasteiger charge is -2.09. The van der Waals surface area contributed by atoms with Gasteiger partial charge in [-0.25, -0.2) is 9.37 Å². The van der Waals surface area contributed by atoms with Crippen molar-refractivity contribution in [3.05, 3.63) is 53.0 Å². The molecule has 19 heavy (non-hydrogen) atoms. The number of pyridine rings is 1. The van der Waals surface area contributed by atoms with E-state index in [1.807, 2.05) is 0 Å². The van der Waals surface area contributed by atoms with Gasteiger partial charge in [-0.15, -0.1) is 0 Å². The minimum atomic E-state index is -0.217. The molecule has 1 aromatic heterocycles. The molecular weight excluding hydrogens is 259 g/mol. The summed E-state index contributed by atoms with van der Waals surface area (Å²) in [5.74, 6) is -0.217. The quantitative estimate of drug-likeness (QED) is 0.933. The smallest absolute Gasteiger partial charge is 0.123 e. The predicted octanol–water partition coefficient (Wildman–Crippen LogP) is 3.32. The fraction of sp³-hybridized carbons (Fsp3) is 0.267. The zero-order chi connectivity index (χ0) is 13.2. The van der Waals surface area contributed by atoms with Gasteiger partial charge in [-0.3, -0.25) is 0 Å². The van der Waals surface area contributed by atoms with E-state index in [2.05, 4.69) is 6.07 Å². The standard InChI is InChI=1S/C15H15FN2S/c16-12-4-6-13(7-5-12)19-15-11(9-17)8-10-2-1-3-14(10)18-15/h4-8H,1-3,9,17H2. The highest BCUT2D eigenvalue weighted by Gasteiger charge is 2.16. The fourth-order valence-corrected chi connectivity index (χ4v) is 3.27. The minimum Gasteiger partial charge on any atom is -0.326 e. The molecule has 0 atom stereocenters. The summed E-state index contributed by atoms with van der Waals surface area (Å²) in [6.07, 6.45) is 3.34. The lowest BCUT2D eigenvalue weighted by Crippen LogP contribution is -2.03. The van der Waals surface area contributed by atoms with Crippen LogP contribution in [0.25, 0.3) is 0 Å². The molecule has 1 aliphatic carbocycles. The van der Waals surface area contributed by atoms with Gasteiger partial charge in [0.15, 0.2) is 0 Å². The monoisotopic (exact) mass is 274 g/mol. The van der Waals surface area contributed by atoms with Crippen LogP contribution >= 0.6 is 11.8 Å². The molecule has 0 fully saturated rings. The Balaban J connectivity index is 1.93. The number of halogens is 1. The maximum absolute atomic E-state index is 12.9. The second kappa shape index (κ2) is 5.31. The number of fused-ring (bicyclic) bond motifs is 1. The summed E-state index contributed by atoms with van der Waals surface area (Å²) >= 11 is 1.56. The highest BCUT2D eigenvalue weighted by molar-refractivity contribution is 7.99. The lowest BCUT2D eigenvalue weighted by molar-refractivity contribution is 0.626. The van der Waals surface area contributed by atoms with Crippen LogP contribution in [0.3, 0.4) is 0 Å². The number of nitrogens with zero attached hydrogens (tertiary/aromatic N) is 1. The first-order chi connectivity index (χ1) is 9.26. The van der Waals surface area contributed by atoms with Gasteiger partial charge in [-0.05, 0) is 54.7 Å². The molecule has 0 saturated carbocycles. The summed E-state index contributed by atoms with van der Waals surface area (Å²) in [5.41, 5.74) is 9.42. The molecule has 1 aliphatic rings. The van der Waals surface area contributed by atoms with Crippen molar-refractivity contribution in [2.45, 2.75) is 35.7 Å². The largest absolute Gasteiger partial charge is 0.326 e. The number of hydrogen-bond acceptors (Lipinski definition) is 3. The van der Waals surface area contributed by atoms with Crippen LogP contribution in [0.4, 0.5) is 4.39 Å². The summed E-state index contributed by atoms with van der Waals surface area (Å²) in [4.78, 5) is 5.72. The van der Waals surface area contributed by atoms with Crippen molar-refractivity contribution < 1.29 is 4.39 Å². The second-order valence-electron chi connectivity index (χ2n) is 4.67. The van der Waals surface area contributed by atoms with Crippen molar-refractivity contribution in [2.24, 2.45) is 5.73 Å². The maximum Gasteiger partial charge on any atom is 0.123 e. The average molecular weight is 274 g/mol. The van der Waals surface area contributed by atoms with E-state index in [1.165, 1.54) is 29.8 Å². The Morgan fingerprint density at radius 2 is 2.00 bits per heavy atom. The number of rotatable bonds is 3. The van der Waals surface area contributed by atoms with E-state index in [0.717, 1.165) is 28.3 Å². The van der Waals surface area contributed by atoms with Crippen molar-refractivity contribution in [3.63, 3.8) is 0 Å². The van der Waals surface area contributed by atoms with E-state index in [-0.39, 0.29) is 5.82 Å². The van der Waals surface area contributed by atoms with Gasteiger partial charge in [0.2, 0.25) is 0 Å². The molecule has 2 nitrogen and oxygen atoms in total. The molecule has 2 aromatic rings. The molecule has 0 unspecified atom stereocenters. The topological polar surface area (TPSA) is 38.9 Å². The van der Waals surface area contributed by atoms with Crippen molar-refractivity contribution in [1.29, 1.82) is 0 Å². The number of aryl methyl sites for hydroxylation is 2. The van der Waals surface area contributed by atoms with Crippen LogP contribution in [0.1, 0.15) is 23.2 Å². The molecule has 0 amide bonds. The van der Waals surface area contributed by atoms with E-state index in [9.17, 15) is 4.39 Å². The highest BCUT2D eigenvalue weighted by atomic mass is 32.2. The zero-order valence-corrected chi connectivity index (χ0v) is 11.3. The molecule has 2 N–H and O–H groups in total. The molecule has 1 heterocycles. The normalized spacial score (nSPS) is 13.6. The van der Waals surface area contributed by atoms with Crippen LogP contribution in [-0.2, 0) is 19.4 Å². The summed E-state index contributed by atoms with van der Waals surface area (Å²) in [6, 6.07) is 8.67. The van der Waals surface area contributed by atoms with E-state index in [1.54, 1.807) is 23.9 Å². The van der Waals surface area contributed by atoms with Gasteiger partial charge in [0.25, 0.3) is 0 Å². The average Bonchev–Trinajstić information content (AvgIpc) is 2.87. The molecule has 1 aromatic carbocycles. The number of nitrogens with two attached hydrogens (primary N) is 1. The highest BCUT2D eigenvalue weighted by Crippen LogP contribution is 2.32. The molecule has 3 rings (SSSR count). The van der Waals surface area contributed by atoms with Crippen LogP contribution in [0.15, 0.2) is 40.3 Å². The number of aromatic nitrogens is 1. The Bertz CT molecular complexity index is 596. The van der Waals surface area contributed by atoms with Crippen molar-refractivity contribution in [2.75, 3.05) is 0 Å². The minimum absolute atomic E-state index is 0.217. The molecule has 4 heteroatoms. The van der Waals surface area contributed by atoms with Crippen LogP contribution < -0.4 is 5.73 Å². The third-order valence-corrected chi connectivity index (χ3v) is 4.39. The number of hydrogen-bond donors (Lipinski definition) is 1. The third kappa shape index (κ3) is 2.65. The van der Waals surface area contributed by atoms with Crippen LogP contribution in [0.5, 0.6) is 0 Å². The Labute approximate surface area is 116 Å². The zero-order valence-electron chi connectivity index (χ0n) is 10.5.